The third kappa shape index (κ3) is 2.30. The fourth-order valence-corrected chi connectivity index (χ4v) is 0.787. The Kier molecular flexibility index (Phi) is 2.74. The van der Waals surface area contributed by atoms with Gasteiger partial charge in [0.05, 0.1) is 7.11 Å². The molecule has 1 heterocycles. The lowest BCUT2D eigenvalue weighted by Gasteiger charge is -1.98. The zero-order valence-electron chi connectivity index (χ0n) is 7.07. The number of methoxy groups -OCH3 is 1. The first-order valence-corrected chi connectivity index (χ1v) is 3.57. The summed E-state index contributed by atoms with van der Waals surface area (Å²) in [5.41, 5.74) is 0.851. The summed E-state index contributed by atoms with van der Waals surface area (Å²) < 4.78 is 4.48. The van der Waals surface area contributed by atoms with E-state index in [0.717, 1.165) is 5.69 Å². The maximum Gasteiger partial charge on any atom is 0.313 e. The number of hydrogen-bond acceptors (Lipinski definition) is 4. The van der Waals surface area contributed by atoms with Crippen molar-refractivity contribution in [2.45, 2.75) is 13.3 Å². The third-order valence-electron chi connectivity index (χ3n) is 1.37. The zero-order valence-corrected chi connectivity index (χ0v) is 7.07. The standard InChI is InChI=1S/C8H10N2O2/c1-6-3-4-9-7(10-6)5-8(11)12-2/h3-4H,5H2,1-2H3. The van der Waals surface area contributed by atoms with Crippen molar-refractivity contribution in [3.8, 4) is 0 Å². The van der Waals surface area contributed by atoms with Gasteiger partial charge in [-0.25, -0.2) is 9.97 Å². The highest BCUT2D eigenvalue weighted by Gasteiger charge is 2.04. The van der Waals surface area contributed by atoms with Gasteiger partial charge in [0.25, 0.3) is 0 Å². The number of hydrogen-bond donors (Lipinski definition) is 0. The monoisotopic (exact) mass is 166 g/mol. The van der Waals surface area contributed by atoms with Crippen LogP contribution >= 0.6 is 0 Å². The van der Waals surface area contributed by atoms with E-state index in [1.54, 1.807) is 12.3 Å². The van der Waals surface area contributed by atoms with Gasteiger partial charge in [0.2, 0.25) is 0 Å². The van der Waals surface area contributed by atoms with Crippen molar-refractivity contribution in [2.24, 2.45) is 0 Å². The van der Waals surface area contributed by atoms with Gasteiger partial charge in [0.15, 0.2) is 0 Å². The van der Waals surface area contributed by atoms with Crippen molar-refractivity contribution < 1.29 is 9.53 Å². The lowest BCUT2D eigenvalue weighted by Crippen LogP contribution is -2.08. The Balaban J connectivity index is 2.69. The molecule has 0 aliphatic heterocycles. The molecule has 0 saturated carbocycles. The van der Waals surface area contributed by atoms with Crippen LogP contribution in [-0.2, 0) is 16.0 Å². The summed E-state index contributed by atoms with van der Waals surface area (Å²) in [5, 5.41) is 0. The molecular weight excluding hydrogens is 156 g/mol. The molecule has 0 fully saturated rings. The second kappa shape index (κ2) is 3.80. The van der Waals surface area contributed by atoms with E-state index in [-0.39, 0.29) is 12.4 Å². The molecule has 64 valence electrons. The molecule has 0 bridgehead atoms. The highest BCUT2D eigenvalue weighted by molar-refractivity contribution is 5.71. The van der Waals surface area contributed by atoms with E-state index in [0.29, 0.717) is 5.82 Å². The molecule has 0 atom stereocenters. The van der Waals surface area contributed by atoms with Gasteiger partial charge >= 0.3 is 5.97 Å². The van der Waals surface area contributed by atoms with E-state index >= 15 is 0 Å². The molecule has 0 N–H and O–H groups in total. The van der Waals surface area contributed by atoms with Gasteiger partial charge in [-0.2, -0.15) is 0 Å². The van der Waals surface area contributed by atoms with Crippen LogP contribution in [0.2, 0.25) is 0 Å². The second-order valence-electron chi connectivity index (χ2n) is 2.37. The molecule has 1 aromatic rings. The molecule has 0 aliphatic carbocycles. The van der Waals surface area contributed by atoms with E-state index in [2.05, 4.69) is 14.7 Å². The average molecular weight is 166 g/mol. The SMILES string of the molecule is COC(=O)Cc1nccc(C)n1. The van der Waals surface area contributed by atoms with Crippen LogP contribution in [0.25, 0.3) is 0 Å². The fourth-order valence-electron chi connectivity index (χ4n) is 0.787. The van der Waals surface area contributed by atoms with Gasteiger partial charge in [-0.15, -0.1) is 0 Å². The summed E-state index contributed by atoms with van der Waals surface area (Å²) in [6, 6.07) is 1.78. The molecular formula is C8H10N2O2. The molecule has 0 radical (unpaired) electrons. The average Bonchev–Trinajstić information content (AvgIpc) is 2.04. The molecule has 4 heteroatoms. The summed E-state index contributed by atoms with van der Waals surface area (Å²) in [4.78, 5) is 18.8. The van der Waals surface area contributed by atoms with Crippen LogP contribution in [0.4, 0.5) is 0 Å². The van der Waals surface area contributed by atoms with Crippen molar-refractivity contribution in [1.29, 1.82) is 0 Å². The molecule has 0 saturated heterocycles. The molecule has 1 rings (SSSR count). The molecule has 0 aromatic carbocycles. The maximum atomic E-state index is 10.8. The van der Waals surface area contributed by atoms with Crippen molar-refractivity contribution in [3.63, 3.8) is 0 Å². The Morgan fingerprint density at radius 2 is 2.42 bits per heavy atom. The first kappa shape index (κ1) is 8.64. The molecule has 0 aliphatic rings. The summed E-state index contributed by atoms with van der Waals surface area (Å²) in [5.74, 6) is 0.183. The topological polar surface area (TPSA) is 52.1 Å². The molecule has 1 aromatic heterocycles. The van der Waals surface area contributed by atoms with Gasteiger partial charge in [-0.1, -0.05) is 0 Å². The Morgan fingerprint density at radius 3 is 3.00 bits per heavy atom. The van der Waals surface area contributed by atoms with Crippen LogP contribution in [0, 0.1) is 6.92 Å². The minimum absolute atomic E-state index is 0.137. The largest absolute Gasteiger partial charge is 0.469 e. The number of carbonyl (C=O) groups is 1. The smallest absolute Gasteiger partial charge is 0.313 e. The number of rotatable bonds is 2. The van der Waals surface area contributed by atoms with Gasteiger partial charge in [-0.3, -0.25) is 4.79 Å². The highest BCUT2D eigenvalue weighted by atomic mass is 16.5. The van der Waals surface area contributed by atoms with Crippen molar-refractivity contribution in [3.05, 3.63) is 23.8 Å². The Morgan fingerprint density at radius 1 is 1.67 bits per heavy atom. The van der Waals surface area contributed by atoms with Crippen LogP contribution < -0.4 is 0 Å². The number of esters is 1. The predicted octanol–water partition coefficient (Wildman–Crippen LogP) is 0.501. The number of carbonyl (C=O) groups excluding carboxylic acids is 1. The van der Waals surface area contributed by atoms with Crippen molar-refractivity contribution in [1.82, 2.24) is 9.97 Å². The molecule has 0 amide bonds. The highest BCUT2D eigenvalue weighted by Crippen LogP contribution is 1.95. The second-order valence-corrected chi connectivity index (χ2v) is 2.37. The van der Waals surface area contributed by atoms with E-state index in [1.165, 1.54) is 7.11 Å². The lowest BCUT2D eigenvalue weighted by molar-refractivity contribution is -0.139. The quantitative estimate of drug-likeness (QED) is 0.600. The minimum Gasteiger partial charge on any atom is -0.469 e. The number of nitrogens with zero attached hydrogens (tertiary/aromatic N) is 2. The van der Waals surface area contributed by atoms with Crippen LogP contribution in [-0.4, -0.2) is 23.0 Å². The van der Waals surface area contributed by atoms with Gasteiger partial charge in [-0.05, 0) is 13.0 Å². The van der Waals surface area contributed by atoms with E-state index in [4.69, 9.17) is 0 Å². The zero-order chi connectivity index (χ0) is 8.97. The molecule has 12 heavy (non-hydrogen) atoms. The fraction of sp³-hybridized carbons (Fsp3) is 0.375. The number of aryl methyl sites for hydroxylation is 1. The maximum absolute atomic E-state index is 10.8. The lowest BCUT2D eigenvalue weighted by atomic mass is 10.4. The van der Waals surface area contributed by atoms with Crippen LogP contribution in [0.3, 0.4) is 0 Å². The summed E-state index contributed by atoms with van der Waals surface area (Å²) >= 11 is 0. The summed E-state index contributed by atoms with van der Waals surface area (Å²) in [6.07, 6.45) is 1.76. The van der Waals surface area contributed by atoms with Crippen molar-refractivity contribution >= 4 is 5.97 Å². The summed E-state index contributed by atoms with van der Waals surface area (Å²) in [6.45, 7) is 1.85. The first-order valence-electron chi connectivity index (χ1n) is 3.57. The first-order chi connectivity index (χ1) is 5.72. The molecule has 4 nitrogen and oxygen atoms in total. The third-order valence-corrected chi connectivity index (χ3v) is 1.37. The van der Waals surface area contributed by atoms with Crippen molar-refractivity contribution in [2.75, 3.05) is 7.11 Å². The molecule has 0 spiro atoms. The van der Waals surface area contributed by atoms with Gasteiger partial charge < -0.3 is 4.74 Å². The van der Waals surface area contributed by atoms with E-state index in [9.17, 15) is 4.79 Å². The summed E-state index contributed by atoms with van der Waals surface area (Å²) in [7, 11) is 1.35. The molecule has 0 unspecified atom stereocenters. The van der Waals surface area contributed by atoms with Crippen LogP contribution in [0.5, 0.6) is 0 Å². The Hall–Kier alpha value is -1.45. The normalized spacial score (nSPS) is 9.50. The Labute approximate surface area is 70.6 Å². The van der Waals surface area contributed by atoms with E-state index in [1.807, 2.05) is 6.92 Å². The van der Waals surface area contributed by atoms with Gasteiger partial charge in [0, 0.05) is 11.9 Å². The minimum atomic E-state index is -0.319. The van der Waals surface area contributed by atoms with Gasteiger partial charge in [0.1, 0.15) is 12.2 Å². The van der Waals surface area contributed by atoms with Crippen LogP contribution in [0.1, 0.15) is 11.5 Å². The van der Waals surface area contributed by atoms with E-state index < -0.39 is 0 Å². The number of ether oxygens (including phenoxy) is 1. The predicted molar refractivity (Wildman–Crippen MR) is 42.5 cm³/mol. The Bertz CT molecular complexity index is 286. The number of aromatic nitrogens is 2. The van der Waals surface area contributed by atoms with Crippen LogP contribution in [0.15, 0.2) is 12.3 Å².